The van der Waals surface area contributed by atoms with Crippen LogP contribution in [0.1, 0.15) is 20.9 Å². The Bertz CT molecular complexity index is 1230. The third-order valence-corrected chi connectivity index (χ3v) is 6.95. The van der Waals surface area contributed by atoms with Crippen LogP contribution in [0.2, 0.25) is 5.02 Å². The molecule has 1 aromatic heterocycles. The minimum absolute atomic E-state index is 0.191. The fourth-order valence-corrected chi connectivity index (χ4v) is 4.95. The van der Waals surface area contributed by atoms with Crippen LogP contribution in [0, 0.1) is 0 Å². The molecule has 0 spiro atoms. The van der Waals surface area contributed by atoms with E-state index >= 15 is 0 Å². The maximum Gasteiger partial charge on any atom is 0.251 e. The van der Waals surface area contributed by atoms with Crippen LogP contribution in [-0.4, -0.2) is 49.8 Å². The molecule has 0 aliphatic rings. The summed E-state index contributed by atoms with van der Waals surface area (Å²) in [4.78, 5) is 24.4. The van der Waals surface area contributed by atoms with Gasteiger partial charge in [0.2, 0.25) is 11.0 Å². The Kier molecular flexibility index (Phi) is 8.37. The number of methoxy groups -OCH3 is 1. The minimum atomic E-state index is -3.67. The molecule has 0 fully saturated rings. The Hall–Kier alpha value is -3.02. The van der Waals surface area contributed by atoms with Crippen molar-refractivity contribution < 1.29 is 22.7 Å². The first-order chi connectivity index (χ1) is 15.7. The van der Waals surface area contributed by atoms with Gasteiger partial charge in [-0.25, -0.2) is 8.42 Å². The number of nitrogens with one attached hydrogen (secondary N) is 2. The zero-order valence-corrected chi connectivity index (χ0v) is 20.0. The fraction of sp³-hybridized carbons (Fsp3) is 0.238. The number of aromatic nitrogens is 2. The summed E-state index contributed by atoms with van der Waals surface area (Å²) in [6, 6.07) is 13.2. The highest BCUT2D eigenvalue weighted by Crippen LogP contribution is 2.17. The number of benzene rings is 2. The summed E-state index contributed by atoms with van der Waals surface area (Å²) in [7, 11) is -2.14. The molecule has 3 rings (SSSR count). The average molecular weight is 509 g/mol. The molecule has 0 saturated carbocycles. The second kappa shape index (κ2) is 11.2. The van der Waals surface area contributed by atoms with Crippen molar-refractivity contribution in [2.24, 2.45) is 0 Å². The number of nitrogens with zero attached hydrogens (tertiary/aromatic N) is 2. The van der Waals surface area contributed by atoms with Crippen LogP contribution in [0.15, 0.2) is 48.5 Å². The number of halogens is 1. The molecule has 0 unspecified atom stereocenters. The smallest absolute Gasteiger partial charge is 0.251 e. The van der Waals surface area contributed by atoms with Crippen LogP contribution in [0.4, 0.5) is 5.13 Å². The van der Waals surface area contributed by atoms with Crippen LogP contribution >= 0.6 is 22.9 Å². The van der Waals surface area contributed by atoms with Gasteiger partial charge in [-0.15, -0.1) is 10.2 Å². The van der Waals surface area contributed by atoms with E-state index in [4.69, 9.17) is 16.3 Å². The summed E-state index contributed by atoms with van der Waals surface area (Å²) < 4.78 is 29.7. The molecule has 0 radical (unpaired) electrons. The third kappa shape index (κ3) is 7.81. The van der Waals surface area contributed by atoms with E-state index in [9.17, 15) is 18.0 Å². The van der Waals surface area contributed by atoms with Crippen molar-refractivity contribution in [1.82, 2.24) is 15.5 Å². The van der Waals surface area contributed by atoms with Crippen molar-refractivity contribution in [3.05, 3.63) is 69.7 Å². The minimum Gasteiger partial charge on any atom is -0.497 e. The number of carbonyl (C=O) groups excluding carboxylic acids is 2. The quantitative estimate of drug-likeness (QED) is 0.431. The van der Waals surface area contributed by atoms with Crippen LogP contribution in [0.25, 0.3) is 0 Å². The standard InChI is InChI=1S/C21H21ClN4O5S2/c1-31-17-4-2-3-15(11-17)20(28)23-10-9-19-25-26-21(32-19)24-18(27)13-33(29,30)12-14-5-7-16(22)8-6-14/h2-8,11H,9-10,12-13H2,1H3,(H,23,28)(H,24,26,27). The molecule has 2 amide bonds. The Labute approximate surface area is 200 Å². The molecule has 0 atom stereocenters. The molecule has 0 aliphatic heterocycles. The van der Waals surface area contributed by atoms with Crippen LogP contribution in [0.5, 0.6) is 5.75 Å². The van der Waals surface area contributed by atoms with Gasteiger partial charge in [-0.3, -0.25) is 14.9 Å². The Morgan fingerprint density at radius 3 is 2.61 bits per heavy atom. The molecule has 33 heavy (non-hydrogen) atoms. The largest absolute Gasteiger partial charge is 0.497 e. The number of amides is 2. The molecular formula is C21H21ClN4O5S2. The average Bonchev–Trinajstić information content (AvgIpc) is 3.21. The highest BCUT2D eigenvalue weighted by atomic mass is 35.5. The number of anilines is 1. The van der Waals surface area contributed by atoms with Gasteiger partial charge in [-0.05, 0) is 35.9 Å². The van der Waals surface area contributed by atoms with Crippen molar-refractivity contribution in [2.45, 2.75) is 12.2 Å². The second-order valence-corrected chi connectivity index (χ2v) is 10.5. The zero-order valence-electron chi connectivity index (χ0n) is 17.6. The van der Waals surface area contributed by atoms with E-state index in [2.05, 4.69) is 20.8 Å². The molecule has 174 valence electrons. The van der Waals surface area contributed by atoms with E-state index in [1.54, 1.807) is 48.5 Å². The lowest BCUT2D eigenvalue weighted by molar-refractivity contribution is -0.113. The molecule has 9 nitrogen and oxygen atoms in total. The van der Waals surface area contributed by atoms with Gasteiger partial charge in [-0.1, -0.05) is 41.1 Å². The summed E-state index contributed by atoms with van der Waals surface area (Å²) >= 11 is 6.91. The monoisotopic (exact) mass is 508 g/mol. The maximum atomic E-state index is 12.3. The zero-order chi connectivity index (χ0) is 23.8. The molecular weight excluding hydrogens is 488 g/mol. The van der Waals surface area contributed by atoms with Gasteiger partial charge in [0.15, 0.2) is 9.84 Å². The summed E-state index contributed by atoms with van der Waals surface area (Å²) in [5.74, 6) is -1.31. The van der Waals surface area contributed by atoms with Crippen LogP contribution in [-0.2, 0) is 26.8 Å². The van der Waals surface area contributed by atoms with Crippen molar-refractivity contribution in [1.29, 1.82) is 0 Å². The molecule has 0 saturated heterocycles. The third-order valence-electron chi connectivity index (χ3n) is 4.32. The van der Waals surface area contributed by atoms with Gasteiger partial charge in [0.25, 0.3) is 5.91 Å². The van der Waals surface area contributed by atoms with E-state index in [0.717, 1.165) is 11.3 Å². The lowest BCUT2D eigenvalue weighted by Crippen LogP contribution is -2.25. The predicted molar refractivity (Wildman–Crippen MR) is 127 cm³/mol. The topological polar surface area (TPSA) is 127 Å². The highest BCUT2D eigenvalue weighted by molar-refractivity contribution is 7.91. The molecule has 1 heterocycles. The summed E-state index contributed by atoms with van der Waals surface area (Å²) in [6.45, 7) is 0.314. The summed E-state index contributed by atoms with van der Waals surface area (Å²) in [6.07, 6.45) is 0.401. The van der Waals surface area contributed by atoms with Crippen LogP contribution < -0.4 is 15.4 Å². The van der Waals surface area contributed by atoms with Crippen molar-refractivity contribution >= 4 is 49.7 Å². The summed E-state index contributed by atoms with van der Waals surface area (Å²) in [5, 5.41) is 14.3. The number of hydrogen-bond acceptors (Lipinski definition) is 8. The molecule has 3 aromatic rings. The SMILES string of the molecule is COc1cccc(C(=O)NCCc2nnc(NC(=O)CS(=O)(=O)Cc3ccc(Cl)cc3)s2)c1. The number of ether oxygens (including phenoxy) is 1. The summed E-state index contributed by atoms with van der Waals surface area (Å²) in [5.41, 5.74) is 1.01. The fourth-order valence-electron chi connectivity index (χ4n) is 2.80. The van der Waals surface area contributed by atoms with Gasteiger partial charge in [0, 0.05) is 23.6 Å². The lowest BCUT2D eigenvalue weighted by Gasteiger charge is -2.05. The maximum absolute atomic E-state index is 12.3. The van der Waals surface area contributed by atoms with E-state index in [1.165, 1.54) is 7.11 Å². The van der Waals surface area contributed by atoms with Gasteiger partial charge >= 0.3 is 0 Å². The lowest BCUT2D eigenvalue weighted by atomic mass is 10.2. The number of rotatable bonds is 10. The van der Waals surface area contributed by atoms with E-state index in [0.29, 0.717) is 39.9 Å². The number of carbonyl (C=O) groups is 2. The van der Waals surface area contributed by atoms with Crippen molar-refractivity contribution in [3.63, 3.8) is 0 Å². The molecule has 2 aromatic carbocycles. The Balaban J connectivity index is 1.46. The van der Waals surface area contributed by atoms with Crippen molar-refractivity contribution in [2.75, 3.05) is 24.7 Å². The van der Waals surface area contributed by atoms with Gasteiger partial charge in [0.1, 0.15) is 16.5 Å². The Morgan fingerprint density at radius 1 is 1.12 bits per heavy atom. The van der Waals surface area contributed by atoms with Gasteiger partial charge < -0.3 is 10.1 Å². The number of sulfone groups is 1. The predicted octanol–water partition coefficient (Wildman–Crippen LogP) is 2.73. The molecule has 12 heteroatoms. The van der Waals surface area contributed by atoms with E-state index < -0.39 is 21.5 Å². The van der Waals surface area contributed by atoms with E-state index in [1.807, 2.05) is 0 Å². The highest BCUT2D eigenvalue weighted by Gasteiger charge is 2.19. The first kappa shape index (κ1) is 24.6. The van der Waals surface area contributed by atoms with Crippen molar-refractivity contribution in [3.8, 4) is 5.75 Å². The van der Waals surface area contributed by atoms with Gasteiger partial charge in [0.05, 0.1) is 12.9 Å². The van der Waals surface area contributed by atoms with Crippen LogP contribution in [0.3, 0.4) is 0 Å². The first-order valence-corrected chi connectivity index (χ1v) is 12.7. The number of hydrogen-bond donors (Lipinski definition) is 2. The first-order valence-electron chi connectivity index (χ1n) is 9.73. The molecule has 0 aliphatic carbocycles. The second-order valence-electron chi connectivity index (χ2n) is 6.95. The normalized spacial score (nSPS) is 11.1. The molecule has 0 bridgehead atoms. The molecule has 2 N–H and O–H groups in total. The Morgan fingerprint density at radius 2 is 1.88 bits per heavy atom. The van der Waals surface area contributed by atoms with E-state index in [-0.39, 0.29) is 16.8 Å². The van der Waals surface area contributed by atoms with Gasteiger partial charge in [-0.2, -0.15) is 0 Å².